The number of benzene rings is 1. The molecule has 3 rings (SSSR count). The molecule has 0 radical (unpaired) electrons. The van der Waals surface area contributed by atoms with E-state index in [1.165, 1.54) is 0 Å². The number of amides is 2. The third-order valence-corrected chi connectivity index (χ3v) is 4.78. The summed E-state index contributed by atoms with van der Waals surface area (Å²) in [5.74, 6) is -0.292. The third-order valence-electron chi connectivity index (χ3n) is 4.78. The minimum Gasteiger partial charge on any atom is -0.350 e. The number of pyridine rings is 1. The first-order valence-corrected chi connectivity index (χ1v) is 8.94. The molecule has 0 unspecified atom stereocenters. The number of hydrogen-bond donors (Lipinski definition) is 3. The van der Waals surface area contributed by atoms with Crippen molar-refractivity contribution in [3.05, 3.63) is 59.9 Å². The molecule has 152 valence electrons. The molecule has 8 heteroatoms. The highest BCUT2D eigenvalue weighted by Gasteiger charge is 2.34. The van der Waals surface area contributed by atoms with E-state index in [0.717, 1.165) is 37.7 Å². The van der Waals surface area contributed by atoms with Gasteiger partial charge in [0.15, 0.2) is 0 Å². The number of aromatic nitrogens is 1. The number of carbonyl (C=O) groups is 2. The molecule has 1 aromatic carbocycles. The molecule has 1 fully saturated rings. The number of carbonyl (C=O) groups excluding carboxylic acids is 2. The van der Waals surface area contributed by atoms with Gasteiger partial charge in [0.25, 0.3) is 5.91 Å². The fraction of sp³-hybridized carbons (Fsp3) is 0.350. The highest BCUT2D eigenvalue weighted by Crippen LogP contribution is 2.26. The Labute approximate surface area is 177 Å². The van der Waals surface area contributed by atoms with Gasteiger partial charge in [-0.25, -0.2) is 0 Å². The van der Waals surface area contributed by atoms with Gasteiger partial charge in [0.05, 0.1) is 5.54 Å². The molecule has 28 heavy (non-hydrogen) atoms. The van der Waals surface area contributed by atoms with Crippen molar-refractivity contribution in [2.75, 3.05) is 5.32 Å². The zero-order valence-electron chi connectivity index (χ0n) is 15.5. The van der Waals surface area contributed by atoms with Crippen molar-refractivity contribution in [3.63, 3.8) is 0 Å². The average Bonchev–Trinajstić information content (AvgIpc) is 2.67. The zero-order chi connectivity index (χ0) is 18.4. The lowest BCUT2D eigenvalue weighted by atomic mass is 9.82. The molecule has 0 spiro atoms. The van der Waals surface area contributed by atoms with Gasteiger partial charge in [0.2, 0.25) is 5.91 Å². The third kappa shape index (κ3) is 6.19. The number of anilines is 1. The Morgan fingerprint density at radius 3 is 2.39 bits per heavy atom. The van der Waals surface area contributed by atoms with Crippen LogP contribution in [0.5, 0.6) is 0 Å². The van der Waals surface area contributed by atoms with E-state index in [1.807, 2.05) is 24.3 Å². The lowest BCUT2D eigenvalue weighted by molar-refractivity contribution is -0.127. The highest BCUT2D eigenvalue weighted by molar-refractivity contribution is 6.04. The van der Waals surface area contributed by atoms with E-state index in [4.69, 9.17) is 5.73 Å². The smallest absolute Gasteiger partial charge is 0.255 e. The maximum absolute atomic E-state index is 12.4. The second-order valence-corrected chi connectivity index (χ2v) is 6.79. The van der Waals surface area contributed by atoms with Crippen molar-refractivity contribution in [1.29, 1.82) is 0 Å². The van der Waals surface area contributed by atoms with Crippen LogP contribution in [-0.2, 0) is 11.3 Å². The molecular weight excluding hydrogens is 399 g/mol. The Morgan fingerprint density at radius 2 is 1.71 bits per heavy atom. The summed E-state index contributed by atoms with van der Waals surface area (Å²) in [7, 11) is 0. The summed E-state index contributed by atoms with van der Waals surface area (Å²) >= 11 is 0. The number of halogens is 2. The van der Waals surface area contributed by atoms with Crippen LogP contribution in [0.3, 0.4) is 0 Å². The second kappa shape index (κ2) is 11.0. The van der Waals surface area contributed by atoms with Crippen LogP contribution >= 0.6 is 24.8 Å². The monoisotopic (exact) mass is 424 g/mol. The molecule has 0 aliphatic heterocycles. The lowest BCUT2D eigenvalue weighted by Crippen LogP contribution is -2.54. The normalized spacial score (nSPS) is 14.8. The molecule has 0 saturated heterocycles. The van der Waals surface area contributed by atoms with Crippen molar-refractivity contribution < 1.29 is 9.59 Å². The molecule has 1 saturated carbocycles. The number of nitrogens with zero attached hydrogens (tertiary/aromatic N) is 1. The molecule has 1 aliphatic carbocycles. The molecule has 2 amide bonds. The van der Waals surface area contributed by atoms with Crippen molar-refractivity contribution >= 4 is 42.3 Å². The van der Waals surface area contributed by atoms with E-state index >= 15 is 0 Å². The minimum atomic E-state index is -0.745. The van der Waals surface area contributed by atoms with E-state index in [2.05, 4.69) is 15.6 Å². The molecule has 4 N–H and O–H groups in total. The molecule has 1 aliphatic rings. The van der Waals surface area contributed by atoms with Crippen molar-refractivity contribution in [1.82, 2.24) is 10.3 Å². The van der Waals surface area contributed by atoms with Gasteiger partial charge in [0, 0.05) is 30.2 Å². The first-order valence-electron chi connectivity index (χ1n) is 8.94. The van der Waals surface area contributed by atoms with Crippen LogP contribution in [0.2, 0.25) is 0 Å². The van der Waals surface area contributed by atoms with Crippen LogP contribution < -0.4 is 16.4 Å². The predicted octanol–water partition coefficient (Wildman–Crippen LogP) is 3.46. The maximum atomic E-state index is 12.4. The molecule has 1 aromatic heterocycles. The molecule has 1 heterocycles. The predicted molar refractivity (Wildman–Crippen MR) is 115 cm³/mol. The van der Waals surface area contributed by atoms with E-state index in [-0.39, 0.29) is 36.6 Å². The number of nitrogens with two attached hydrogens (primary N) is 1. The summed E-state index contributed by atoms with van der Waals surface area (Å²) in [5, 5.41) is 5.79. The standard InChI is InChI=1S/C20H24N4O2.2ClH/c21-20(9-2-1-3-10-20)19(26)23-14-15-5-4-6-17(13-15)24-18(25)16-7-11-22-12-8-16;;/h4-8,11-13H,1-3,9-10,14,21H2,(H,23,26)(H,24,25);2*1H. The summed E-state index contributed by atoms with van der Waals surface area (Å²) in [6, 6.07) is 10.7. The van der Waals surface area contributed by atoms with Crippen LogP contribution in [0.15, 0.2) is 48.8 Å². The van der Waals surface area contributed by atoms with E-state index in [1.54, 1.807) is 24.5 Å². The van der Waals surface area contributed by atoms with Crippen LogP contribution in [0.4, 0.5) is 5.69 Å². The van der Waals surface area contributed by atoms with Crippen molar-refractivity contribution in [3.8, 4) is 0 Å². The minimum absolute atomic E-state index is 0. The largest absolute Gasteiger partial charge is 0.350 e. The summed E-state index contributed by atoms with van der Waals surface area (Å²) in [6.45, 7) is 0.386. The Morgan fingerprint density at radius 1 is 1.04 bits per heavy atom. The van der Waals surface area contributed by atoms with Crippen LogP contribution in [0.1, 0.15) is 48.0 Å². The fourth-order valence-electron chi connectivity index (χ4n) is 3.23. The lowest BCUT2D eigenvalue weighted by Gasteiger charge is -2.31. The number of hydrogen-bond acceptors (Lipinski definition) is 4. The first-order chi connectivity index (χ1) is 12.6. The molecule has 0 atom stereocenters. The Bertz CT molecular complexity index is 781. The Hall–Kier alpha value is -2.15. The van der Waals surface area contributed by atoms with Gasteiger partial charge < -0.3 is 16.4 Å². The number of rotatable bonds is 5. The van der Waals surface area contributed by atoms with Gasteiger partial charge in [-0.2, -0.15) is 0 Å². The molecule has 6 nitrogen and oxygen atoms in total. The zero-order valence-corrected chi connectivity index (χ0v) is 17.2. The second-order valence-electron chi connectivity index (χ2n) is 6.79. The molecule has 2 aromatic rings. The topological polar surface area (TPSA) is 97.1 Å². The molecule has 0 bridgehead atoms. The SMILES string of the molecule is Cl.Cl.NC1(C(=O)NCc2cccc(NC(=O)c3ccncc3)c2)CCCCC1. The van der Waals surface area contributed by atoms with E-state index in [0.29, 0.717) is 17.8 Å². The summed E-state index contributed by atoms with van der Waals surface area (Å²) in [4.78, 5) is 28.5. The van der Waals surface area contributed by atoms with Crippen LogP contribution in [0, 0.1) is 0 Å². The number of nitrogens with one attached hydrogen (secondary N) is 2. The van der Waals surface area contributed by atoms with Crippen molar-refractivity contribution in [2.24, 2.45) is 5.73 Å². The van der Waals surface area contributed by atoms with Gasteiger partial charge in [-0.3, -0.25) is 14.6 Å². The van der Waals surface area contributed by atoms with E-state index in [9.17, 15) is 9.59 Å². The van der Waals surface area contributed by atoms with Crippen LogP contribution in [-0.4, -0.2) is 22.3 Å². The molecular formula is C20H26Cl2N4O2. The Balaban J connectivity index is 0.00000196. The first kappa shape index (κ1) is 23.9. The summed E-state index contributed by atoms with van der Waals surface area (Å²) in [6.07, 6.45) is 7.78. The van der Waals surface area contributed by atoms with Gasteiger partial charge in [-0.15, -0.1) is 24.8 Å². The average molecular weight is 425 g/mol. The summed E-state index contributed by atoms with van der Waals surface area (Å²) < 4.78 is 0. The summed E-state index contributed by atoms with van der Waals surface area (Å²) in [5.41, 5.74) is 7.64. The van der Waals surface area contributed by atoms with Crippen LogP contribution in [0.25, 0.3) is 0 Å². The Kier molecular flexibility index (Phi) is 9.38. The maximum Gasteiger partial charge on any atom is 0.255 e. The quantitative estimate of drug-likeness (QED) is 0.684. The fourth-order valence-corrected chi connectivity index (χ4v) is 3.23. The van der Waals surface area contributed by atoms with Gasteiger partial charge in [-0.05, 0) is 42.7 Å². The van der Waals surface area contributed by atoms with Gasteiger partial charge in [0.1, 0.15) is 0 Å². The van der Waals surface area contributed by atoms with Gasteiger partial charge in [-0.1, -0.05) is 31.4 Å². The van der Waals surface area contributed by atoms with Gasteiger partial charge >= 0.3 is 0 Å². The van der Waals surface area contributed by atoms with Crippen molar-refractivity contribution in [2.45, 2.75) is 44.2 Å². The highest BCUT2D eigenvalue weighted by atomic mass is 35.5. The van der Waals surface area contributed by atoms with E-state index < -0.39 is 5.54 Å².